The average Bonchev–Trinajstić information content (AvgIpc) is 2.30. The Labute approximate surface area is 79.7 Å². The summed E-state index contributed by atoms with van der Waals surface area (Å²) in [6.45, 7) is 4.84. The third kappa shape index (κ3) is 1.76. The molecule has 0 aromatic carbocycles. The zero-order chi connectivity index (χ0) is 8.43. The molecule has 0 saturated carbocycles. The molecular weight excluding hydrogens is 227 g/mol. The number of halogens is 2. The summed E-state index contributed by atoms with van der Waals surface area (Å²) in [7, 11) is 0. The van der Waals surface area contributed by atoms with Crippen LogP contribution in [0.25, 0.3) is 0 Å². The van der Waals surface area contributed by atoms with E-state index in [1.54, 1.807) is 6.20 Å². The highest BCUT2D eigenvalue weighted by Gasteiger charge is 2.11. The highest BCUT2D eigenvalue weighted by molar-refractivity contribution is 9.10. The van der Waals surface area contributed by atoms with Crippen LogP contribution < -0.4 is 0 Å². The van der Waals surface area contributed by atoms with Gasteiger partial charge >= 0.3 is 0 Å². The molecule has 62 valence electrons. The summed E-state index contributed by atoms with van der Waals surface area (Å²) in [4.78, 5) is 0. The summed E-state index contributed by atoms with van der Waals surface area (Å²) in [5, 5.41) is 4.15. The molecule has 4 heteroatoms. The Morgan fingerprint density at radius 1 is 1.82 bits per heavy atom. The van der Waals surface area contributed by atoms with Gasteiger partial charge in [-0.25, -0.2) is 0 Å². The molecule has 0 spiro atoms. The van der Waals surface area contributed by atoms with Crippen LogP contribution in [0, 0.1) is 0 Å². The third-order valence-corrected chi connectivity index (χ3v) is 2.33. The van der Waals surface area contributed by atoms with Crippen molar-refractivity contribution in [1.29, 1.82) is 0 Å². The van der Waals surface area contributed by atoms with E-state index < -0.39 is 0 Å². The van der Waals surface area contributed by atoms with Gasteiger partial charge in [0.25, 0.3) is 0 Å². The average molecular weight is 238 g/mol. The van der Waals surface area contributed by atoms with Gasteiger partial charge in [0.1, 0.15) is 0 Å². The van der Waals surface area contributed by atoms with E-state index in [9.17, 15) is 0 Å². The van der Waals surface area contributed by atoms with Gasteiger partial charge in [-0.2, -0.15) is 5.10 Å². The van der Waals surface area contributed by atoms with Crippen molar-refractivity contribution < 1.29 is 0 Å². The first kappa shape index (κ1) is 9.07. The molecule has 2 nitrogen and oxygen atoms in total. The lowest BCUT2D eigenvalue weighted by Gasteiger charge is -2.06. The number of aromatic nitrogens is 2. The number of nitrogens with zero attached hydrogens (tertiary/aromatic N) is 2. The van der Waals surface area contributed by atoms with E-state index >= 15 is 0 Å². The molecule has 0 N–H and O–H groups in total. The number of hydrogen-bond donors (Lipinski definition) is 0. The van der Waals surface area contributed by atoms with Crippen molar-refractivity contribution in [3.63, 3.8) is 0 Å². The van der Waals surface area contributed by atoms with Gasteiger partial charge in [0.15, 0.2) is 0 Å². The Balaban J connectivity index is 3.07. The van der Waals surface area contributed by atoms with E-state index in [4.69, 9.17) is 11.6 Å². The van der Waals surface area contributed by atoms with Gasteiger partial charge in [-0.1, -0.05) is 0 Å². The number of hydrogen-bond acceptors (Lipinski definition) is 1. The second kappa shape index (κ2) is 3.59. The molecule has 0 aliphatic heterocycles. The van der Waals surface area contributed by atoms with Crippen molar-refractivity contribution in [1.82, 2.24) is 9.78 Å². The van der Waals surface area contributed by atoms with Crippen molar-refractivity contribution >= 4 is 27.5 Å². The predicted molar refractivity (Wildman–Crippen MR) is 49.9 cm³/mol. The first-order chi connectivity index (χ1) is 5.16. The molecule has 0 saturated heterocycles. The summed E-state index contributed by atoms with van der Waals surface area (Å²) in [5.74, 6) is 0. The van der Waals surface area contributed by atoms with Crippen molar-refractivity contribution in [3.8, 4) is 0 Å². The number of rotatable bonds is 2. The second-order valence-electron chi connectivity index (χ2n) is 2.31. The minimum absolute atomic E-state index is 0.00632. The topological polar surface area (TPSA) is 17.8 Å². The molecule has 11 heavy (non-hydrogen) atoms. The summed E-state index contributed by atoms with van der Waals surface area (Å²) < 4.78 is 2.88. The summed E-state index contributed by atoms with van der Waals surface area (Å²) in [6.07, 6.45) is 1.78. The van der Waals surface area contributed by atoms with Crippen LogP contribution in [-0.2, 0) is 6.54 Å². The Hall–Kier alpha value is -0.0200. The van der Waals surface area contributed by atoms with Crippen molar-refractivity contribution in [3.05, 3.63) is 16.4 Å². The summed E-state index contributed by atoms with van der Waals surface area (Å²) >= 11 is 9.33. The smallest absolute Gasteiger partial charge is 0.0737 e. The molecule has 1 heterocycles. The molecule has 0 fully saturated rings. The molecule has 0 radical (unpaired) electrons. The molecule has 1 rings (SSSR count). The molecule has 0 bridgehead atoms. The van der Waals surface area contributed by atoms with Gasteiger partial charge in [-0.05, 0) is 29.8 Å². The van der Waals surface area contributed by atoms with Gasteiger partial charge in [-0.3, -0.25) is 4.68 Å². The summed E-state index contributed by atoms with van der Waals surface area (Å²) in [5.41, 5.74) is 1.05. The maximum absolute atomic E-state index is 5.94. The fourth-order valence-electron chi connectivity index (χ4n) is 1.02. The van der Waals surface area contributed by atoms with Crippen LogP contribution in [-0.4, -0.2) is 9.78 Å². The van der Waals surface area contributed by atoms with Crippen molar-refractivity contribution in [2.24, 2.45) is 0 Å². The maximum atomic E-state index is 5.94. The zero-order valence-electron chi connectivity index (χ0n) is 6.51. The summed E-state index contributed by atoms with van der Waals surface area (Å²) in [6, 6.07) is 0. The van der Waals surface area contributed by atoms with Crippen molar-refractivity contribution in [2.45, 2.75) is 25.8 Å². The first-order valence-corrected chi connectivity index (χ1v) is 4.75. The fraction of sp³-hybridized carbons (Fsp3) is 0.571. The van der Waals surface area contributed by atoms with E-state index in [1.165, 1.54) is 0 Å². The van der Waals surface area contributed by atoms with E-state index in [0.29, 0.717) is 0 Å². The maximum Gasteiger partial charge on any atom is 0.0737 e. The molecule has 1 aromatic rings. The number of alkyl halides is 1. The lowest BCUT2D eigenvalue weighted by molar-refractivity contribution is 0.621. The van der Waals surface area contributed by atoms with Gasteiger partial charge in [-0.15, -0.1) is 11.6 Å². The first-order valence-electron chi connectivity index (χ1n) is 3.52. The standard InChI is InChI=1S/C7H10BrClN2/c1-3-11-7(5(2)9)6(8)4-10-11/h4-5H,3H2,1-2H3. The minimum Gasteiger partial charge on any atom is -0.267 e. The van der Waals surface area contributed by atoms with Crippen LogP contribution in [0.3, 0.4) is 0 Å². The predicted octanol–water partition coefficient (Wildman–Crippen LogP) is 2.97. The highest BCUT2D eigenvalue weighted by atomic mass is 79.9. The van der Waals surface area contributed by atoms with E-state index in [1.807, 2.05) is 18.5 Å². The van der Waals surface area contributed by atoms with Crippen LogP contribution in [0.4, 0.5) is 0 Å². The molecule has 1 unspecified atom stereocenters. The second-order valence-corrected chi connectivity index (χ2v) is 3.82. The van der Waals surface area contributed by atoms with Gasteiger partial charge < -0.3 is 0 Å². The highest BCUT2D eigenvalue weighted by Crippen LogP contribution is 2.26. The molecule has 0 amide bonds. The number of aryl methyl sites for hydroxylation is 1. The molecule has 0 aliphatic carbocycles. The molecule has 1 aromatic heterocycles. The lowest BCUT2D eigenvalue weighted by Crippen LogP contribution is -2.02. The van der Waals surface area contributed by atoms with Crippen molar-refractivity contribution in [2.75, 3.05) is 0 Å². The third-order valence-electron chi connectivity index (χ3n) is 1.51. The van der Waals surface area contributed by atoms with E-state index in [-0.39, 0.29) is 5.38 Å². The zero-order valence-corrected chi connectivity index (χ0v) is 8.85. The SMILES string of the molecule is CCn1ncc(Br)c1C(C)Cl. The van der Waals surface area contributed by atoms with Gasteiger partial charge in [0.2, 0.25) is 0 Å². The Bertz CT molecular complexity index is 245. The molecular formula is C7H10BrClN2. The van der Waals surface area contributed by atoms with E-state index in [0.717, 1.165) is 16.7 Å². The monoisotopic (exact) mass is 236 g/mol. The van der Waals surface area contributed by atoms with Crippen LogP contribution in [0.5, 0.6) is 0 Å². The fourth-order valence-corrected chi connectivity index (χ4v) is 2.02. The van der Waals surface area contributed by atoms with Crippen LogP contribution >= 0.6 is 27.5 Å². The van der Waals surface area contributed by atoms with E-state index in [2.05, 4.69) is 21.0 Å². The quantitative estimate of drug-likeness (QED) is 0.723. The largest absolute Gasteiger partial charge is 0.267 e. The van der Waals surface area contributed by atoms with Crippen LogP contribution in [0.1, 0.15) is 24.9 Å². The van der Waals surface area contributed by atoms with Crippen LogP contribution in [0.2, 0.25) is 0 Å². The molecule has 0 aliphatic rings. The Morgan fingerprint density at radius 3 is 2.82 bits per heavy atom. The lowest BCUT2D eigenvalue weighted by atomic mass is 10.3. The minimum atomic E-state index is 0.00632. The van der Waals surface area contributed by atoms with Gasteiger partial charge in [0.05, 0.1) is 21.7 Å². The molecule has 1 atom stereocenters. The Kier molecular flexibility index (Phi) is 2.96. The Morgan fingerprint density at radius 2 is 2.45 bits per heavy atom. The van der Waals surface area contributed by atoms with Gasteiger partial charge in [0, 0.05) is 6.54 Å². The normalized spacial score (nSPS) is 13.5. The van der Waals surface area contributed by atoms with Crippen LogP contribution in [0.15, 0.2) is 10.7 Å².